The van der Waals surface area contributed by atoms with E-state index < -0.39 is 0 Å². The lowest BCUT2D eigenvalue weighted by Crippen LogP contribution is -2.26. The Balaban J connectivity index is 2.83. The summed E-state index contributed by atoms with van der Waals surface area (Å²) in [7, 11) is 0. The van der Waals surface area contributed by atoms with Gasteiger partial charge in [0.05, 0.1) is 6.54 Å². The fourth-order valence-corrected chi connectivity index (χ4v) is 0.300. The molecule has 0 aromatic rings. The fourth-order valence-electron chi connectivity index (χ4n) is 0.0802. The summed E-state index contributed by atoms with van der Waals surface area (Å²) in [4.78, 5) is 9.89. The molecule has 0 amide bonds. The molecule has 0 unspecified atom stereocenters. The molecule has 0 radical (unpaired) electrons. The number of carbonyl (C=O) groups excluding carboxylic acids is 1. The van der Waals surface area contributed by atoms with Gasteiger partial charge in [-0.25, -0.2) is 0 Å². The van der Waals surface area contributed by atoms with E-state index in [1.165, 1.54) is 0 Å². The molecule has 36 valence electrons. The van der Waals surface area contributed by atoms with Gasteiger partial charge in [-0.1, -0.05) is 0 Å². The van der Waals surface area contributed by atoms with Crippen LogP contribution in [0.15, 0.2) is 0 Å². The highest BCUT2D eigenvalue weighted by Gasteiger charge is 1.85. The van der Waals surface area contributed by atoms with Crippen LogP contribution in [0.2, 0.25) is 0 Å². The van der Waals surface area contributed by atoms with E-state index in [-0.39, 0.29) is 10.3 Å². The summed E-state index contributed by atoms with van der Waals surface area (Å²) in [6.45, 7) is 0.251. The van der Waals surface area contributed by atoms with Gasteiger partial charge in [0.1, 0.15) is 0 Å². The Morgan fingerprint density at radius 2 is 2.50 bits per heavy atom. The quantitative estimate of drug-likeness (QED) is 0.271. The summed E-state index contributed by atoms with van der Waals surface area (Å²) in [6, 6.07) is 0. The monoisotopic (exact) mass is 200 g/mol. The Kier molecular flexibility index (Phi) is 3.70. The molecule has 0 atom stereocenters. The molecule has 3 N–H and O–H groups in total. The summed E-state index contributed by atoms with van der Waals surface area (Å²) >= 11 is 1.66. The minimum Gasteiger partial charge on any atom is -0.286 e. The van der Waals surface area contributed by atoms with E-state index in [0.717, 1.165) is 0 Å². The minimum atomic E-state index is 0.0232. The molecule has 0 rings (SSSR count). The van der Waals surface area contributed by atoms with E-state index in [4.69, 9.17) is 5.84 Å². The lowest BCUT2D eigenvalue weighted by molar-refractivity contribution is -0.108. The van der Waals surface area contributed by atoms with E-state index in [0.29, 0.717) is 0 Å². The second-order valence-electron chi connectivity index (χ2n) is 0.736. The minimum absolute atomic E-state index is 0.0232. The number of carbonyl (C=O) groups is 1. The second kappa shape index (κ2) is 3.51. The van der Waals surface area contributed by atoms with E-state index in [1.807, 2.05) is 0 Å². The molecule has 0 fully saturated rings. The normalized spacial score (nSPS) is 8.33. The Labute approximate surface area is 49.4 Å². The lowest BCUT2D eigenvalue weighted by Gasteiger charge is -1.83. The van der Waals surface area contributed by atoms with Gasteiger partial charge in [0.15, 0.2) is 0 Å². The van der Waals surface area contributed by atoms with Gasteiger partial charge in [-0.15, -0.1) is 0 Å². The van der Waals surface area contributed by atoms with E-state index in [2.05, 4.69) is 5.43 Å². The van der Waals surface area contributed by atoms with E-state index in [9.17, 15) is 4.79 Å². The smallest absolute Gasteiger partial charge is 0.207 e. The van der Waals surface area contributed by atoms with Crippen molar-refractivity contribution in [3.8, 4) is 0 Å². The van der Waals surface area contributed by atoms with Gasteiger partial charge < -0.3 is 0 Å². The summed E-state index contributed by atoms with van der Waals surface area (Å²) in [5.74, 6) is 4.75. The topological polar surface area (TPSA) is 55.1 Å². The Hall–Kier alpha value is 0.320. The zero-order chi connectivity index (χ0) is 4.99. The molecule has 0 saturated heterocycles. The van der Waals surface area contributed by atoms with Gasteiger partial charge in [0.25, 0.3) is 0 Å². The van der Waals surface area contributed by atoms with Crippen LogP contribution < -0.4 is 11.3 Å². The third-order valence-electron chi connectivity index (χ3n) is 0.241. The van der Waals surface area contributed by atoms with Crippen molar-refractivity contribution in [2.75, 3.05) is 6.54 Å². The third kappa shape index (κ3) is 4.32. The van der Waals surface area contributed by atoms with Crippen LogP contribution in [0, 0.1) is 0 Å². The van der Waals surface area contributed by atoms with Crippen LogP contribution in [0.25, 0.3) is 0 Å². The number of hydrogen-bond donors (Lipinski definition) is 2. The van der Waals surface area contributed by atoms with E-state index in [1.54, 1.807) is 22.6 Å². The van der Waals surface area contributed by atoms with Crippen molar-refractivity contribution in [1.82, 2.24) is 5.43 Å². The first-order valence-corrected chi connectivity index (χ1v) is 2.47. The fraction of sp³-hybridized carbons (Fsp3) is 0.500. The van der Waals surface area contributed by atoms with E-state index >= 15 is 0 Å². The number of hydrazine groups is 1. The maximum atomic E-state index is 9.89. The molecular formula is C2H5IN2O. The zero-order valence-electron chi connectivity index (χ0n) is 3.07. The van der Waals surface area contributed by atoms with Gasteiger partial charge in [-0.2, -0.15) is 0 Å². The summed E-state index contributed by atoms with van der Waals surface area (Å²) < 4.78 is 0.0232. The van der Waals surface area contributed by atoms with Crippen LogP contribution in [-0.4, -0.2) is 10.3 Å². The maximum absolute atomic E-state index is 9.89. The average molecular weight is 200 g/mol. The van der Waals surface area contributed by atoms with Crippen molar-refractivity contribution in [1.29, 1.82) is 0 Å². The standard InChI is InChI=1S/C2H5IN2O/c3-2(6)1-5-4/h5H,1,4H2. The molecule has 4 heteroatoms. The Morgan fingerprint density at radius 3 is 2.50 bits per heavy atom. The SMILES string of the molecule is NNCC(=O)I. The van der Waals surface area contributed by atoms with Crippen molar-refractivity contribution in [2.45, 2.75) is 0 Å². The van der Waals surface area contributed by atoms with Gasteiger partial charge in [0.2, 0.25) is 3.79 Å². The van der Waals surface area contributed by atoms with Crippen molar-refractivity contribution >= 4 is 26.4 Å². The van der Waals surface area contributed by atoms with Gasteiger partial charge in [0, 0.05) is 22.6 Å². The molecule has 0 saturated carbocycles. The van der Waals surface area contributed by atoms with Gasteiger partial charge >= 0.3 is 0 Å². The van der Waals surface area contributed by atoms with Crippen molar-refractivity contribution < 1.29 is 4.79 Å². The largest absolute Gasteiger partial charge is 0.286 e. The van der Waals surface area contributed by atoms with Gasteiger partial charge in [-0.3, -0.25) is 16.1 Å². The number of nitrogens with one attached hydrogen (secondary N) is 1. The number of nitrogens with two attached hydrogens (primary N) is 1. The first-order valence-electron chi connectivity index (χ1n) is 1.39. The molecule has 0 spiro atoms. The Bertz CT molecular complexity index is 55.5. The molecule has 0 aliphatic carbocycles. The molecule has 0 aliphatic rings. The predicted molar refractivity (Wildman–Crippen MR) is 31.2 cm³/mol. The molecule has 0 bridgehead atoms. The number of rotatable bonds is 2. The molecule has 3 nitrogen and oxygen atoms in total. The summed E-state index contributed by atoms with van der Waals surface area (Å²) in [6.07, 6.45) is 0. The molecule has 0 aromatic heterocycles. The van der Waals surface area contributed by atoms with Crippen molar-refractivity contribution in [2.24, 2.45) is 5.84 Å². The number of halogens is 1. The van der Waals surface area contributed by atoms with Crippen LogP contribution in [0.1, 0.15) is 0 Å². The average Bonchev–Trinajstić information content (AvgIpc) is 1.35. The highest BCUT2D eigenvalue weighted by atomic mass is 127. The molecule has 0 aliphatic heterocycles. The van der Waals surface area contributed by atoms with Crippen molar-refractivity contribution in [3.05, 3.63) is 0 Å². The maximum Gasteiger partial charge on any atom is 0.207 e. The second-order valence-corrected chi connectivity index (χ2v) is 1.94. The van der Waals surface area contributed by atoms with Crippen LogP contribution in [-0.2, 0) is 4.79 Å². The predicted octanol–water partition coefficient (Wildman–Crippen LogP) is -0.589. The van der Waals surface area contributed by atoms with Crippen LogP contribution in [0.3, 0.4) is 0 Å². The summed E-state index contributed by atoms with van der Waals surface area (Å²) in [5, 5.41) is 0. The highest BCUT2D eigenvalue weighted by Crippen LogP contribution is 1.77. The molecular weight excluding hydrogens is 195 g/mol. The number of hydrogen-bond acceptors (Lipinski definition) is 3. The lowest BCUT2D eigenvalue weighted by atomic mass is 10.8. The van der Waals surface area contributed by atoms with Crippen LogP contribution in [0.5, 0.6) is 0 Å². The first kappa shape index (κ1) is 6.32. The molecule has 0 heterocycles. The highest BCUT2D eigenvalue weighted by molar-refractivity contribution is 14.1. The summed E-state index contributed by atoms with van der Waals surface area (Å²) in [5.41, 5.74) is 2.21. The zero-order valence-corrected chi connectivity index (χ0v) is 5.23. The molecule has 0 aromatic carbocycles. The molecule has 6 heavy (non-hydrogen) atoms. The van der Waals surface area contributed by atoms with Crippen LogP contribution in [0.4, 0.5) is 0 Å². The first-order chi connectivity index (χ1) is 2.77. The third-order valence-corrected chi connectivity index (χ3v) is 0.622. The van der Waals surface area contributed by atoms with Gasteiger partial charge in [-0.05, 0) is 0 Å². The van der Waals surface area contributed by atoms with Crippen LogP contribution >= 0.6 is 22.6 Å². The Morgan fingerprint density at radius 1 is 2.00 bits per heavy atom. The van der Waals surface area contributed by atoms with Crippen molar-refractivity contribution in [3.63, 3.8) is 0 Å².